The molecule has 1 N–H and O–H groups in total. The molecular weight excluding hydrogens is 504 g/mol. The number of fused-ring (bicyclic) bond motifs is 5. The Morgan fingerprint density at radius 1 is 1.31 bits per heavy atom. The van der Waals surface area contributed by atoms with Gasteiger partial charge in [-0.05, 0) is 18.2 Å². The Morgan fingerprint density at radius 2 is 2.17 bits per heavy atom. The van der Waals surface area contributed by atoms with Gasteiger partial charge in [0.25, 0.3) is 11.8 Å². The third-order valence-corrected chi connectivity index (χ3v) is 7.58. The predicted octanol–water partition coefficient (Wildman–Crippen LogP) is 3.13. The van der Waals surface area contributed by atoms with Gasteiger partial charge in [-0.2, -0.15) is 0 Å². The summed E-state index contributed by atoms with van der Waals surface area (Å²) in [6.07, 6.45) is 2.09. The quantitative estimate of drug-likeness (QED) is 0.541. The summed E-state index contributed by atoms with van der Waals surface area (Å²) < 4.78 is 13.7. The Morgan fingerprint density at radius 3 is 2.97 bits per heavy atom. The monoisotopic (exact) mass is 530 g/mol. The summed E-state index contributed by atoms with van der Waals surface area (Å²) in [7, 11) is 0. The van der Waals surface area contributed by atoms with Crippen molar-refractivity contribution in [1.29, 1.82) is 0 Å². The molecule has 2 aliphatic rings. The van der Waals surface area contributed by atoms with Crippen LogP contribution in [0.2, 0.25) is 5.02 Å². The van der Waals surface area contributed by atoms with Crippen LogP contribution in [0.25, 0.3) is 0 Å². The zero-order valence-corrected chi connectivity index (χ0v) is 21.6. The first-order valence-electron chi connectivity index (χ1n) is 11.9. The topological polar surface area (TPSA) is 111 Å². The first kappa shape index (κ1) is 24.7. The zero-order chi connectivity index (χ0) is 25.2. The number of benzene rings is 1. The highest BCUT2D eigenvalue weighted by molar-refractivity contribution is 7.09. The number of likely N-dealkylation sites (tertiary alicyclic amines) is 1. The maximum absolute atomic E-state index is 13.2. The molecule has 0 aliphatic carbocycles. The number of nitrogens with zero attached hydrogens (tertiary/aromatic N) is 5. The largest absolute Gasteiger partial charge is 0.492 e. The smallest absolute Gasteiger partial charge is 0.273 e. The molecule has 2 atom stereocenters. The van der Waals surface area contributed by atoms with E-state index < -0.39 is 12.1 Å². The summed E-state index contributed by atoms with van der Waals surface area (Å²) in [5.41, 5.74) is 1.50. The molecule has 12 heteroatoms. The van der Waals surface area contributed by atoms with Crippen molar-refractivity contribution in [1.82, 2.24) is 30.2 Å². The van der Waals surface area contributed by atoms with Gasteiger partial charge < -0.3 is 19.7 Å². The van der Waals surface area contributed by atoms with E-state index in [0.717, 1.165) is 5.01 Å². The third-order valence-electron chi connectivity index (χ3n) is 6.12. The number of ether oxygens (including phenoxy) is 2. The summed E-state index contributed by atoms with van der Waals surface area (Å²) >= 11 is 7.76. The lowest BCUT2D eigenvalue weighted by Crippen LogP contribution is -2.44. The van der Waals surface area contributed by atoms with E-state index in [9.17, 15) is 9.59 Å². The maximum Gasteiger partial charge on any atom is 0.273 e. The van der Waals surface area contributed by atoms with Crippen molar-refractivity contribution in [3.05, 3.63) is 56.8 Å². The lowest BCUT2D eigenvalue weighted by molar-refractivity contribution is 0.0290. The fraction of sp³-hybridized carbons (Fsp3) is 0.458. The van der Waals surface area contributed by atoms with Gasteiger partial charge in [-0.25, -0.2) is 4.98 Å². The third kappa shape index (κ3) is 5.37. The molecule has 3 aromatic rings. The van der Waals surface area contributed by atoms with E-state index in [0.29, 0.717) is 60.4 Å². The minimum Gasteiger partial charge on any atom is -0.492 e. The van der Waals surface area contributed by atoms with Crippen molar-refractivity contribution < 1.29 is 19.1 Å². The molecule has 10 nitrogen and oxygen atoms in total. The highest BCUT2D eigenvalue weighted by Gasteiger charge is 2.38. The highest BCUT2D eigenvalue weighted by Crippen LogP contribution is 2.27. The van der Waals surface area contributed by atoms with Gasteiger partial charge in [-0.3, -0.25) is 14.3 Å². The summed E-state index contributed by atoms with van der Waals surface area (Å²) in [6, 6.07) is 4.50. The van der Waals surface area contributed by atoms with Crippen molar-refractivity contribution in [2.45, 2.75) is 51.5 Å². The van der Waals surface area contributed by atoms with Crippen LogP contribution >= 0.6 is 22.9 Å². The van der Waals surface area contributed by atoms with E-state index in [-0.39, 0.29) is 24.3 Å². The number of amides is 2. The van der Waals surface area contributed by atoms with Crippen molar-refractivity contribution >= 4 is 34.8 Å². The maximum atomic E-state index is 13.2. The van der Waals surface area contributed by atoms with Gasteiger partial charge in [0.05, 0.1) is 41.6 Å². The molecule has 1 saturated heterocycles. The standard InChI is InChI=1S/C24H27ClN6O4S/c1-14(2)23-27-19(13-36-23)24(33)30-10-18-21(11-30)35-12-16-9-31(29-28-16)6-3-7-34-20-8-15(22(32)26-18)4-5-17(20)25/h4-5,8-9,13-14,18,21H,3,6-7,10-12H2,1-2H3,(H,26,32)/t18-,21-/m0/s1. The predicted molar refractivity (Wildman–Crippen MR) is 134 cm³/mol. The van der Waals surface area contributed by atoms with Crippen LogP contribution in [0.1, 0.15) is 57.7 Å². The number of aromatic nitrogens is 4. The molecule has 4 heterocycles. The molecule has 36 heavy (non-hydrogen) atoms. The second-order valence-corrected chi connectivity index (χ2v) is 10.5. The number of halogens is 1. The summed E-state index contributed by atoms with van der Waals surface area (Å²) in [5.74, 6) is 0.216. The Kier molecular flexibility index (Phi) is 7.22. The summed E-state index contributed by atoms with van der Waals surface area (Å²) in [5, 5.41) is 14.5. The number of carbonyl (C=O) groups excluding carboxylic acids is 2. The van der Waals surface area contributed by atoms with Crippen LogP contribution in [-0.2, 0) is 17.9 Å². The minimum atomic E-state index is -0.429. The van der Waals surface area contributed by atoms with Crippen LogP contribution in [0.3, 0.4) is 0 Å². The fourth-order valence-corrected chi connectivity index (χ4v) is 5.16. The van der Waals surface area contributed by atoms with E-state index in [4.69, 9.17) is 21.1 Å². The molecule has 2 aliphatic heterocycles. The van der Waals surface area contributed by atoms with E-state index in [1.807, 2.05) is 20.0 Å². The van der Waals surface area contributed by atoms with E-state index in [2.05, 4.69) is 20.6 Å². The van der Waals surface area contributed by atoms with Crippen LogP contribution in [0, 0.1) is 0 Å². The number of rotatable bonds is 2. The molecule has 2 amide bonds. The van der Waals surface area contributed by atoms with Crippen molar-refractivity contribution in [3.8, 4) is 5.75 Å². The minimum absolute atomic E-state index is 0.178. The fourth-order valence-electron chi connectivity index (χ4n) is 4.18. The zero-order valence-electron chi connectivity index (χ0n) is 20.0. The van der Waals surface area contributed by atoms with Gasteiger partial charge in [-0.1, -0.05) is 30.7 Å². The Balaban J connectivity index is 1.39. The SMILES string of the molecule is CC(C)c1nc(C(=O)N2C[C@@H]3NC(=O)c4ccc(Cl)c(c4)OCCCn4cc(nn4)CO[C@H]3C2)cs1. The highest BCUT2D eigenvalue weighted by atomic mass is 35.5. The van der Waals surface area contributed by atoms with E-state index in [1.54, 1.807) is 33.2 Å². The first-order chi connectivity index (χ1) is 17.4. The van der Waals surface area contributed by atoms with Gasteiger partial charge in [0.15, 0.2) is 0 Å². The molecule has 190 valence electrons. The molecule has 4 bridgehead atoms. The van der Waals surface area contributed by atoms with Crippen LogP contribution in [-0.4, -0.2) is 68.5 Å². The van der Waals surface area contributed by atoms with Crippen LogP contribution in [0.4, 0.5) is 0 Å². The molecule has 0 spiro atoms. The molecule has 0 radical (unpaired) electrons. The number of carbonyl (C=O) groups is 2. The second-order valence-electron chi connectivity index (χ2n) is 9.19. The van der Waals surface area contributed by atoms with Gasteiger partial charge in [0.2, 0.25) is 0 Å². The molecule has 2 aromatic heterocycles. The summed E-state index contributed by atoms with van der Waals surface area (Å²) in [6.45, 7) is 5.95. The van der Waals surface area contributed by atoms with Crippen molar-refractivity contribution in [2.75, 3.05) is 19.7 Å². The number of nitrogens with one attached hydrogen (secondary N) is 1. The number of hydrogen-bond donors (Lipinski definition) is 1. The molecular formula is C24H27ClN6O4S. The lowest BCUT2D eigenvalue weighted by atomic mass is 10.1. The Hall–Kier alpha value is -3.02. The number of thiazole rings is 1. The van der Waals surface area contributed by atoms with E-state index >= 15 is 0 Å². The number of hydrogen-bond acceptors (Lipinski definition) is 8. The van der Waals surface area contributed by atoms with Gasteiger partial charge >= 0.3 is 0 Å². The van der Waals surface area contributed by atoms with Crippen molar-refractivity contribution in [2.24, 2.45) is 0 Å². The van der Waals surface area contributed by atoms with Crippen molar-refractivity contribution in [3.63, 3.8) is 0 Å². The van der Waals surface area contributed by atoms with Crippen LogP contribution in [0.5, 0.6) is 5.75 Å². The van der Waals surface area contributed by atoms with Crippen LogP contribution < -0.4 is 10.1 Å². The molecule has 1 fully saturated rings. The molecule has 0 unspecified atom stereocenters. The molecule has 5 rings (SSSR count). The lowest BCUT2D eigenvalue weighted by Gasteiger charge is -2.20. The Labute approximate surface area is 217 Å². The molecule has 1 aromatic carbocycles. The van der Waals surface area contributed by atoms with Gasteiger partial charge in [-0.15, -0.1) is 16.4 Å². The Bertz CT molecular complexity index is 1260. The second kappa shape index (κ2) is 10.5. The normalized spacial score (nSPS) is 20.7. The molecule has 0 saturated carbocycles. The summed E-state index contributed by atoms with van der Waals surface area (Å²) in [4.78, 5) is 32.5. The van der Waals surface area contributed by atoms with Gasteiger partial charge in [0, 0.05) is 42.9 Å². The van der Waals surface area contributed by atoms with E-state index in [1.165, 1.54) is 11.3 Å². The van der Waals surface area contributed by atoms with Gasteiger partial charge in [0.1, 0.15) is 17.1 Å². The van der Waals surface area contributed by atoms with Crippen LogP contribution in [0.15, 0.2) is 29.8 Å². The average Bonchev–Trinajstić information content (AvgIpc) is 3.60. The average molecular weight is 531 g/mol. The first-order valence-corrected chi connectivity index (χ1v) is 13.1. The number of aryl methyl sites for hydroxylation is 1.